The summed E-state index contributed by atoms with van der Waals surface area (Å²) < 4.78 is 12.8. The van der Waals surface area contributed by atoms with Crippen LogP contribution in [0.3, 0.4) is 0 Å². The first-order valence-electron chi connectivity index (χ1n) is 8.58. The number of fused-ring (bicyclic) bond motifs is 1. The molecule has 0 atom stereocenters. The van der Waals surface area contributed by atoms with E-state index < -0.39 is 0 Å². The molecular formula is C21H17N3O3S. The standard InChI is InChI=1S/C21H17N3O3S/c1-3-11-27-16-10-9-14(12-17(16)26-2)13-18-20(25)24-21(28-18)22-19(23-24)15-7-5-4-6-8-15/h3-10,12-13H,1,11H2,2H3/b18-13+. The van der Waals surface area contributed by atoms with Crippen LogP contribution in [0.25, 0.3) is 22.4 Å². The Morgan fingerprint density at radius 3 is 2.71 bits per heavy atom. The summed E-state index contributed by atoms with van der Waals surface area (Å²) in [4.78, 5) is 17.8. The van der Waals surface area contributed by atoms with Crippen molar-refractivity contribution in [2.24, 2.45) is 0 Å². The molecule has 0 bridgehead atoms. The van der Waals surface area contributed by atoms with Gasteiger partial charge in [0.2, 0.25) is 4.96 Å². The SMILES string of the molecule is C=CCOc1ccc(/C=c2/sc3nc(-c4ccccc4)nn3c2=O)cc1OC. The summed E-state index contributed by atoms with van der Waals surface area (Å²) in [7, 11) is 1.58. The number of thiazole rings is 1. The zero-order chi connectivity index (χ0) is 19.5. The van der Waals surface area contributed by atoms with Crippen LogP contribution in [0.2, 0.25) is 0 Å². The van der Waals surface area contributed by atoms with Gasteiger partial charge in [-0.25, -0.2) is 0 Å². The van der Waals surface area contributed by atoms with Gasteiger partial charge in [-0.15, -0.1) is 5.10 Å². The Kier molecular flexibility index (Phi) is 4.90. The number of hydrogen-bond donors (Lipinski definition) is 0. The number of benzene rings is 2. The zero-order valence-corrected chi connectivity index (χ0v) is 16.0. The van der Waals surface area contributed by atoms with Gasteiger partial charge in [0.15, 0.2) is 17.3 Å². The van der Waals surface area contributed by atoms with Crippen molar-refractivity contribution in [3.63, 3.8) is 0 Å². The Balaban J connectivity index is 1.72. The lowest BCUT2D eigenvalue weighted by atomic mass is 10.2. The average molecular weight is 391 g/mol. The van der Waals surface area contributed by atoms with Crippen LogP contribution in [0.4, 0.5) is 0 Å². The fourth-order valence-corrected chi connectivity index (χ4v) is 3.64. The molecule has 0 fully saturated rings. The van der Waals surface area contributed by atoms with E-state index in [0.717, 1.165) is 11.1 Å². The van der Waals surface area contributed by atoms with Crippen LogP contribution in [0.1, 0.15) is 5.56 Å². The highest BCUT2D eigenvalue weighted by Gasteiger charge is 2.12. The van der Waals surface area contributed by atoms with Gasteiger partial charge in [-0.3, -0.25) is 4.79 Å². The second kappa shape index (κ2) is 7.66. The van der Waals surface area contributed by atoms with E-state index in [1.54, 1.807) is 19.3 Å². The molecule has 0 spiro atoms. The topological polar surface area (TPSA) is 65.7 Å². The molecule has 0 saturated heterocycles. The summed E-state index contributed by atoms with van der Waals surface area (Å²) in [6.45, 7) is 4.03. The summed E-state index contributed by atoms with van der Waals surface area (Å²) in [6.07, 6.45) is 3.46. The maximum atomic E-state index is 12.7. The Hall–Kier alpha value is -3.45. The van der Waals surface area contributed by atoms with Crippen molar-refractivity contribution >= 4 is 22.4 Å². The van der Waals surface area contributed by atoms with E-state index >= 15 is 0 Å². The second-order valence-corrected chi connectivity index (χ2v) is 6.93. The van der Waals surface area contributed by atoms with Crippen LogP contribution >= 0.6 is 11.3 Å². The van der Waals surface area contributed by atoms with Crippen molar-refractivity contribution in [2.45, 2.75) is 0 Å². The van der Waals surface area contributed by atoms with Crippen molar-refractivity contribution in [2.75, 3.05) is 13.7 Å². The van der Waals surface area contributed by atoms with E-state index in [0.29, 0.717) is 33.4 Å². The van der Waals surface area contributed by atoms with Gasteiger partial charge in [0.05, 0.1) is 11.6 Å². The highest BCUT2D eigenvalue weighted by Crippen LogP contribution is 2.28. The van der Waals surface area contributed by atoms with E-state index in [1.807, 2.05) is 48.5 Å². The molecule has 0 aliphatic heterocycles. The molecule has 0 unspecified atom stereocenters. The Morgan fingerprint density at radius 2 is 2.00 bits per heavy atom. The lowest BCUT2D eigenvalue weighted by Gasteiger charge is -2.09. The van der Waals surface area contributed by atoms with Crippen molar-refractivity contribution in [3.8, 4) is 22.9 Å². The van der Waals surface area contributed by atoms with Gasteiger partial charge in [-0.1, -0.05) is 60.4 Å². The molecule has 4 aromatic rings. The van der Waals surface area contributed by atoms with Gasteiger partial charge in [0.1, 0.15) is 6.61 Å². The molecule has 0 saturated carbocycles. The molecule has 4 rings (SSSR count). The van der Waals surface area contributed by atoms with Crippen molar-refractivity contribution in [1.29, 1.82) is 0 Å². The molecular weight excluding hydrogens is 374 g/mol. The van der Waals surface area contributed by atoms with Crippen molar-refractivity contribution in [1.82, 2.24) is 14.6 Å². The van der Waals surface area contributed by atoms with Gasteiger partial charge in [-0.2, -0.15) is 9.50 Å². The Bertz CT molecular complexity index is 1250. The first-order valence-corrected chi connectivity index (χ1v) is 9.39. The van der Waals surface area contributed by atoms with E-state index in [-0.39, 0.29) is 5.56 Å². The maximum Gasteiger partial charge on any atom is 0.291 e. The molecule has 140 valence electrons. The molecule has 2 aromatic carbocycles. The van der Waals surface area contributed by atoms with Gasteiger partial charge < -0.3 is 9.47 Å². The van der Waals surface area contributed by atoms with Crippen LogP contribution < -0.4 is 19.6 Å². The van der Waals surface area contributed by atoms with Crippen LogP contribution in [0, 0.1) is 0 Å². The number of ether oxygens (including phenoxy) is 2. The monoisotopic (exact) mass is 391 g/mol. The molecule has 28 heavy (non-hydrogen) atoms. The molecule has 0 aliphatic carbocycles. The van der Waals surface area contributed by atoms with Crippen LogP contribution in [0.15, 0.2) is 66.0 Å². The smallest absolute Gasteiger partial charge is 0.291 e. The summed E-state index contributed by atoms with van der Waals surface area (Å²) in [6, 6.07) is 15.1. The van der Waals surface area contributed by atoms with Gasteiger partial charge in [0, 0.05) is 5.56 Å². The minimum absolute atomic E-state index is 0.194. The van der Waals surface area contributed by atoms with Gasteiger partial charge >= 0.3 is 0 Å². The first kappa shape index (κ1) is 17.9. The second-order valence-electron chi connectivity index (χ2n) is 5.92. The molecule has 0 aliphatic rings. The molecule has 0 amide bonds. The molecule has 7 heteroatoms. The Morgan fingerprint density at radius 1 is 1.18 bits per heavy atom. The lowest BCUT2D eigenvalue weighted by Crippen LogP contribution is -2.23. The third kappa shape index (κ3) is 3.39. The van der Waals surface area contributed by atoms with Gasteiger partial charge in [-0.05, 0) is 23.8 Å². The Labute approximate surface area is 165 Å². The third-order valence-corrected chi connectivity index (χ3v) is 5.02. The number of rotatable bonds is 6. The van der Waals surface area contributed by atoms with Crippen LogP contribution in [-0.4, -0.2) is 28.3 Å². The molecule has 0 radical (unpaired) electrons. The minimum atomic E-state index is -0.194. The first-order chi connectivity index (χ1) is 13.7. The van der Waals surface area contributed by atoms with E-state index in [2.05, 4.69) is 16.7 Å². The number of aromatic nitrogens is 3. The lowest BCUT2D eigenvalue weighted by molar-refractivity contribution is 0.326. The summed E-state index contributed by atoms with van der Waals surface area (Å²) in [5, 5.41) is 4.36. The highest BCUT2D eigenvalue weighted by molar-refractivity contribution is 7.15. The number of hydrogen-bond acceptors (Lipinski definition) is 6. The number of methoxy groups -OCH3 is 1. The molecule has 6 nitrogen and oxygen atoms in total. The molecule has 0 N–H and O–H groups in total. The van der Waals surface area contributed by atoms with Crippen LogP contribution in [-0.2, 0) is 0 Å². The van der Waals surface area contributed by atoms with Gasteiger partial charge in [0.25, 0.3) is 5.56 Å². The molecule has 2 aromatic heterocycles. The predicted octanol–water partition coefficient (Wildman–Crippen LogP) is 2.94. The third-order valence-electron chi connectivity index (χ3n) is 4.06. The van der Waals surface area contributed by atoms with Crippen molar-refractivity contribution in [3.05, 3.63) is 81.6 Å². The van der Waals surface area contributed by atoms with Crippen molar-refractivity contribution < 1.29 is 9.47 Å². The highest BCUT2D eigenvalue weighted by atomic mass is 32.1. The maximum absolute atomic E-state index is 12.7. The largest absolute Gasteiger partial charge is 0.493 e. The normalized spacial score (nSPS) is 11.7. The average Bonchev–Trinajstić information content (AvgIpc) is 3.27. The molecule has 2 heterocycles. The quantitative estimate of drug-likeness (QED) is 0.473. The minimum Gasteiger partial charge on any atom is -0.493 e. The number of nitrogens with zero attached hydrogens (tertiary/aromatic N) is 3. The van der Waals surface area contributed by atoms with E-state index in [9.17, 15) is 4.79 Å². The fraction of sp³-hybridized carbons (Fsp3) is 0.0952. The van der Waals surface area contributed by atoms with E-state index in [1.165, 1.54) is 15.9 Å². The fourth-order valence-electron chi connectivity index (χ4n) is 2.74. The summed E-state index contributed by atoms with van der Waals surface area (Å²) in [5.41, 5.74) is 1.51. The summed E-state index contributed by atoms with van der Waals surface area (Å²) >= 11 is 1.30. The predicted molar refractivity (Wildman–Crippen MR) is 110 cm³/mol. The van der Waals surface area contributed by atoms with E-state index in [4.69, 9.17) is 9.47 Å². The summed E-state index contributed by atoms with van der Waals surface area (Å²) in [5.74, 6) is 1.76. The zero-order valence-electron chi connectivity index (χ0n) is 15.2. The van der Waals surface area contributed by atoms with Crippen LogP contribution in [0.5, 0.6) is 11.5 Å².